The van der Waals surface area contributed by atoms with Gasteiger partial charge in [-0.15, -0.1) is 24.8 Å². The van der Waals surface area contributed by atoms with Gasteiger partial charge in [0.05, 0.1) is 17.4 Å². The van der Waals surface area contributed by atoms with Crippen molar-refractivity contribution in [3.63, 3.8) is 0 Å². The number of anilines is 1. The summed E-state index contributed by atoms with van der Waals surface area (Å²) in [6.07, 6.45) is 3.26. The Morgan fingerprint density at radius 1 is 1.13 bits per heavy atom. The van der Waals surface area contributed by atoms with Gasteiger partial charge in [0, 0.05) is 26.2 Å². The van der Waals surface area contributed by atoms with E-state index in [1.54, 1.807) is 12.4 Å². The minimum atomic E-state index is 0. The van der Waals surface area contributed by atoms with Crippen LogP contribution < -0.4 is 10.2 Å². The molecule has 0 amide bonds. The van der Waals surface area contributed by atoms with Crippen LogP contribution in [-0.2, 0) is 0 Å². The molecule has 0 saturated carbocycles. The lowest BCUT2D eigenvalue weighted by atomic mass is 10.4. The van der Waals surface area contributed by atoms with Crippen molar-refractivity contribution in [3.05, 3.63) is 17.4 Å². The molecule has 2 rings (SSSR count). The first kappa shape index (κ1) is 14.7. The second-order valence-corrected chi connectivity index (χ2v) is 3.37. The average Bonchev–Trinajstić information content (AvgIpc) is 2.20. The zero-order chi connectivity index (χ0) is 9.10. The molecule has 1 N–H and O–H groups in total. The number of aromatic nitrogens is 2. The first-order valence-electron chi connectivity index (χ1n) is 4.29. The standard InChI is InChI=1S/C8H11ClN4.2ClH/c9-7-5-11-8(12-6-7)13-3-1-10-2-4-13;;/h5-6,10H,1-4H2;2*1H. The molecule has 86 valence electrons. The maximum Gasteiger partial charge on any atom is 0.225 e. The van der Waals surface area contributed by atoms with E-state index in [0.717, 1.165) is 32.1 Å². The molecule has 4 nitrogen and oxygen atoms in total. The van der Waals surface area contributed by atoms with Gasteiger partial charge >= 0.3 is 0 Å². The summed E-state index contributed by atoms with van der Waals surface area (Å²) >= 11 is 5.69. The summed E-state index contributed by atoms with van der Waals surface area (Å²) in [5.41, 5.74) is 0. The van der Waals surface area contributed by atoms with Crippen LogP contribution in [0.4, 0.5) is 5.95 Å². The van der Waals surface area contributed by atoms with Gasteiger partial charge < -0.3 is 10.2 Å². The Hall–Kier alpha value is -0.290. The first-order valence-corrected chi connectivity index (χ1v) is 4.67. The second kappa shape index (κ2) is 7.06. The van der Waals surface area contributed by atoms with Gasteiger partial charge in [-0.3, -0.25) is 0 Å². The van der Waals surface area contributed by atoms with Crippen molar-refractivity contribution in [3.8, 4) is 0 Å². The molecule has 0 atom stereocenters. The van der Waals surface area contributed by atoms with Crippen molar-refractivity contribution in [2.24, 2.45) is 0 Å². The fourth-order valence-electron chi connectivity index (χ4n) is 1.33. The third kappa shape index (κ3) is 3.99. The molecule has 2 heterocycles. The van der Waals surface area contributed by atoms with Crippen LogP contribution in [0, 0.1) is 0 Å². The van der Waals surface area contributed by atoms with Crippen molar-refractivity contribution in [2.45, 2.75) is 0 Å². The quantitative estimate of drug-likeness (QED) is 0.838. The Morgan fingerprint density at radius 2 is 1.67 bits per heavy atom. The van der Waals surface area contributed by atoms with Gasteiger partial charge in [0.15, 0.2) is 0 Å². The minimum absolute atomic E-state index is 0. The molecule has 0 aliphatic carbocycles. The highest BCUT2D eigenvalue weighted by atomic mass is 35.5. The van der Waals surface area contributed by atoms with Gasteiger partial charge in [-0.25, -0.2) is 9.97 Å². The highest BCUT2D eigenvalue weighted by molar-refractivity contribution is 6.30. The second-order valence-electron chi connectivity index (χ2n) is 2.94. The smallest absolute Gasteiger partial charge is 0.225 e. The average molecular weight is 272 g/mol. The molecule has 1 aliphatic heterocycles. The van der Waals surface area contributed by atoms with Crippen molar-refractivity contribution < 1.29 is 0 Å². The van der Waals surface area contributed by atoms with Crippen molar-refractivity contribution in [1.29, 1.82) is 0 Å². The van der Waals surface area contributed by atoms with Crippen LogP contribution in [0.2, 0.25) is 5.02 Å². The summed E-state index contributed by atoms with van der Waals surface area (Å²) in [7, 11) is 0. The van der Waals surface area contributed by atoms with Crippen LogP contribution in [-0.4, -0.2) is 36.1 Å². The van der Waals surface area contributed by atoms with E-state index in [9.17, 15) is 0 Å². The van der Waals surface area contributed by atoms with E-state index in [-0.39, 0.29) is 24.8 Å². The van der Waals surface area contributed by atoms with Crippen LogP contribution in [0.1, 0.15) is 0 Å². The minimum Gasteiger partial charge on any atom is -0.338 e. The fourth-order valence-corrected chi connectivity index (χ4v) is 1.43. The van der Waals surface area contributed by atoms with Crippen LogP contribution >= 0.6 is 36.4 Å². The van der Waals surface area contributed by atoms with Crippen LogP contribution in [0.5, 0.6) is 0 Å². The number of rotatable bonds is 1. The van der Waals surface area contributed by atoms with E-state index in [1.807, 2.05) is 0 Å². The van der Waals surface area contributed by atoms with Gasteiger partial charge in [-0.2, -0.15) is 0 Å². The summed E-state index contributed by atoms with van der Waals surface area (Å²) in [6, 6.07) is 0. The molecule has 1 aromatic heterocycles. The van der Waals surface area contributed by atoms with Gasteiger partial charge in [0.2, 0.25) is 5.95 Å². The van der Waals surface area contributed by atoms with Gasteiger partial charge in [0.25, 0.3) is 0 Å². The van der Waals surface area contributed by atoms with Crippen molar-refractivity contribution >= 4 is 42.4 Å². The third-order valence-corrected chi connectivity index (χ3v) is 2.20. The number of hydrogen-bond acceptors (Lipinski definition) is 4. The van der Waals surface area contributed by atoms with Gasteiger partial charge in [0.1, 0.15) is 0 Å². The molecule has 7 heteroatoms. The summed E-state index contributed by atoms with van der Waals surface area (Å²) in [5, 5.41) is 3.85. The molecular weight excluding hydrogens is 258 g/mol. The Bertz CT molecular complexity index is 274. The van der Waals surface area contributed by atoms with E-state index < -0.39 is 0 Å². The molecule has 15 heavy (non-hydrogen) atoms. The number of piperazine rings is 1. The zero-order valence-corrected chi connectivity index (χ0v) is 10.4. The Balaban J connectivity index is 0.000000980. The van der Waals surface area contributed by atoms with Crippen molar-refractivity contribution in [2.75, 3.05) is 31.1 Å². The molecule has 1 aliphatic rings. The van der Waals surface area contributed by atoms with E-state index in [2.05, 4.69) is 20.2 Å². The van der Waals surface area contributed by atoms with Gasteiger partial charge in [-0.1, -0.05) is 11.6 Å². The SMILES string of the molecule is Cl.Cl.Clc1cnc(N2CCNCC2)nc1. The number of hydrogen-bond donors (Lipinski definition) is 1. The lowest BCUT2D eigenvalue weighted by molar-refractivity contribution is 0.580. The Kier molecular flexibility index (Phi) is 6.92. The molecule has 0 bridgehead atoms. The Labute approximate surface area is 106 Å². The normalized spacial score (nSPS) is 15.1. The van der Waals surface area contributed by atoms with Gasteiger partial charge in [-0.05, 0) is 0 Å². The van der Waals surface area contributed by atoms with Crippen LogP contribution in [0.25, 0.3) is 0 Å². The number of halogens is 3. The summed E-state index contributed by atoms with van der Waals surface area (Å²) < 4.78 is 0. The molecule has 0 radical (unpaired) electrons. The first-order chi connectivity index (χ1) is 6.36. The molecule has 0 aromatic carbocycles. The number of nitrogens with zero attached hydrogens (tertiary/aromatic N) is 3. The maximum absolute atomic E-state index is 5.69. The molecular formula is C8H13Cl3N4. The molecule has 0 spiro atoms. The third-order valence-electron chi connectivity index (χ3n) is 2.01. The summed E-state index contributed by atoms with van der Waals surface area (Å²) in [4.78, 5) is 10.5. The topological polar surface area (TPSA) is 41.1 Å². The summed E-state index contributed by atoms with van der Waals surface area (Å²) in [5.74, 6) is 0.769. The zero-order valence-electron chi connectivity index (χ0n) is 8.02. The molecule has 0 unspecified atom stereocenters. The largest absolute Gasteiger partial charge is 0.338 e. The van der Waals surface area contributed by atoms with E-state index in [0.29, 0.717) is 5.02 Å². The highest BCUT2D eigenvalue weighted by Crippen LogP contribution is 2.10. The lowest BCUT2D eigenvalue weighted by Gasteiger charge is -2.27. The molecule has 1 saturated heterocycles. The lowest BCUT2D eigenvalue weighted by Crippen LogP contribution is -2.44. The molecule has 1 fully saturated rings. The number of nitrogens with one attached hydrogen (secondary N) is 1. The fraction of sp³-hybridized carbons (Fsp3) is 0.500. The predicted octanol–water partition coefficient (Wildman–Crippen LogP) is 1.38. The van der Waals surface area contributed by atoms with Crippen LogP contribution in [0.3, 0.4) is 0 Å². The van der Waals surface area contributed by atoms with E-state index in [1.165, 1.54) is 0 Å². The predicted molar refractivity (Wildman–Crippen MR) is 66.6 cm³/mol. The van der Waals surface area contributed by atoms with Crippen LogP contribution in [0.15, 0.2) is 12.4 Å². The van der Waals surface area contributed by atoms with E-state index in [4.69, 9.17) is 11.6 Å². The summed E-state index contributed by atoms with van der Waals surface area (Å²) in [6.45, 7) is 3.90. The molecule has 1 aromatic rings. The van der Waals surface area contributed by atoms with Crippen molar-refractivity contribution in [1.82, 2.24) is 15.3 Å². The van der Waals surface area contributed by atoms with E-state index >= 15 is 0 Å². The maximum atomic E-state index is 5.69. The monoisotopic (exact) mass is 270 g/mol. The Morgan fingerprint density at radius 3 is 2.20 bits per heavy atom. The highest BCUT2D eigenvalue weighted by Gasteiger charge is 2.11.